The van der Waals surface area contributed by atoms with Crippen LogP contribution in [0.1, 0.15) is 75.0 Å². The minimum absolute atomic E-state index is 0.0392. The lowest BCUT2D eigenvalue weighted by Crippen LogP contribution is -2.38. The van der Waals surface area contributed by atoms with Crippen LogP contribution in [0.4, 0.5) is 5.82 Å². The van der Waals surface area contributed by atoms with Gasteiger partial charge in [-0.2, -0.15) is 5.26 Å². The molecular weight excluding hydrogens is 440 g/mol. The van der Waals surface area contributed by atoms with Crippen molar-refractivity contribution in [2.24, 2.45) is 0 Å². The van der Waals surface area contributed by atoms with Crippen molar-refractivity contribution in [2.45, 2.75) is 77.8 Å². The quantitative estimate of drug-likeness (QED) is 0.464. The number of nitrogens with zero attached hydrogens (tertiary/aromatic N) is 4. The molecular formula is C24H30N4O2S2. The third-order valence-corrected chi connectivity index (χ3v) is 8.07. The van der Waals surface area contributed by atoms with E-state index >= 15 is 0 Å². The highest BCUT2D eigenvalue weighted by Gasteiger charge is 2.38. The Balaban J connectivity index is 1.86. The summed E-state index contributed by atoms with van der Waals surface area (Å²) in [7, 11) is 0. The predicted octanol–water partition coefficient (Wildman–Crippen LogP) is 4.57. The minimum atomic E-state index is -0.233. The zero-order chi connectivity index (χ0) is 22.8. The summed E-state index contributed by atoms with van der Waals surface area (Å²) in [5.74, 6) is 0.807. The monoisotopic (exact) mass is 470 g/mol. The lowest BCUT2D eigenvalue weighted by atomic mass is 10.0. The van der Waals surface area contributed by atoms with Gasteiger partial charge in [-0.15, -0.1) is 0 Å². The van der Waals surface area contributed by atoms with Crippen molar-refractivity contribution in [1.82, 2.24) is 9.47 Å². The maximum atomic E-state index is 13.3. The van der Waals surface area contributed by atoms with Crippen molar-refractivity contribution in [2.75, 3.05) is 18.0 Å². The van der Waals surface area contributed by atoms with Crippen LogP contribution in [0, 0.1) is 18.3 Å². The van der Waals surface area contributed by atoms with E-state index in [0.29, 0.717) is 21.3 Å². The van der Waals surface area contributed by atoms with E-state index in [2.05, 4.69) is 11.0 Å². The number of carbonyl (C=O) groups is 1. The van der Waals surface area contributed by atoms with Crippen LogP contribution >= 0.6 is 24.0 Å². The average molecular weight is 471 g/mol. The highest BCUT2D eigenvalue weighted by Crippen LogP contribution is 2.39. The molecule has 0 aromatic carbocycles. The molecule has 0 unspecified atom stereocenters. The van der Waals surface area contributed by atoms with E-state index in [1.165, 1.54) is 18.2 Å². The Morgan fingerprint density at radius 2 is 1.84 bits per heavy atom. The number of nitriles is 1. The number of thioether (sulfide) groups is 1. The van der Waals surface area contributed by atoms with Crippen molar-refractivity contribution in [1.29, 1.82) is 5.26 Å². The fourth-order valence-electron chi connectivity index (χ4n) is 5.11. The molecule has 1 aromatic heterocycles. The maximum Gasteiger partial charge on any atom is 0.270 e. The van der Waals surface area contributed by atoms with Crippen LogP contribution < -0.4 is 10.5 Å². The molecule has 0 bridgehead atoms. The number of hydrogen-bond acceptors (Lipinski definition) is 6. The molecule has 1 aromatic rings. The van der Waals surface area contributed by atoms with Gasteiger partial charge in [0.25, 0.3) is 11.5 Å². The first-order valence-electron chi connectivity index (χ1n) is 11.7. The van der Waals surface area contributed by atoms with E-state index in [1.807, 2.05) is 19.9 Å². The van der Waals surface area contributed by atoms with Gasteiger partial charge in [-0.25, -0.2) is 0 Å². The van der Waals surface area contributed by atoms with Crippen LogP contribution in [0.2, 0.25) is 0 Å². The van der Waals surface area contributed by atoms with E-state index in [9.17, 15) is 14.9 Å². The summed E-state index contributed by atoms with van der Waals surface area (Å²) in [6, 6.07) is 2.32. The normalized spacial score (nSPS) is 21.1. The van der Waals surface area contributed by atoms with Crippen LogP contribution in [0.5, 0.6) is 0 Å². The van der Waals surface area contributed by atoms with E-state index in [0.717, 1.165) is 69.4 Å². The molecule has 0 radical (unpaired) electrons. The molecule has 32 heavy (non-hydrogen) atoms. The molecule has 0 atom stereocenters. The molecule has 6 nitrogen and oxygen atoms in total. The smallest absolute Gasteiger partial charge is 0.270 e. The number of thiocarbonyl (C=S) groups is 1. The van der Waals surface area contributed by atoms with Crippen molar-refractivity contribution < 1.29 is 4.79 Å². The molecule has 8 heteroatoms. The molecule has 4 rings (SSSR count). The highest BCUT2D eigenvalue weighted by molar-refractivity contribution is 8.26. The molecule has 0 spiro atoms. The summed E-state index contributed by atoms with van der Waals surface area (Å²) in [5.41, 5.74) is 1.39. The van der Waals surface area contributed by atoms with E-state index < -0.39 is 0 Å². The average Bonchev–Trinajstić information content (AvgIpc) is 3.40. The van der Waals surface area contributed by atoms with E-state index in [1.54, 1.807) is 9.47 Å². The van der Waals surface area contributed by atoms with Gasteiger partial charge >= 0.3 is 0 Å². The lowest BCUT2D eigenvalue weighted by Gasteiger charge is -2.33. The SMILES string of the molecule is CCCn1c(N2CCCCC2)c(/C=C2\SC(=S)N(C3CCCC3)C2=O)c(C)c(C#N)c1=O. The number of piperidine rings is 1. The largest absolute Gasteiger partial charge is 0.357 e. The molecule has 2 aliphatic heterocycles. The summed E-state index contributed by atoms with van der Waals surface area (Å²) in [6.45, 7) is 6.15. The fraction of sp³-hybridized carbons (Fsp3) is 0.583. The number of hydrogen-bond donors (Lipinski definition) is 0. The van der Waals surface area contributed by atoms with E-state index in [4.69, 9.17) is 12.2 Å². The minimum Gasteiger partial charge on any atom is -0.357 e. The summed E-state index contributed by atoms with van der Waals surface area (Å²) in [5, 5.41) is 9.76. The molecule has 170 valence electrons. The Kier molecular flexibility index (Phi) is 7.06. The van der Waals surface area contributed by atoms with Gasteiger partial charge in [0.1, 0.15) is 21.8 Å². The molecule has 1 amide bonds. The summed E-state index contributed by atoms with van der Waals surface area (Å²) >= 11 is 6.93. The first-order valence-corrected chi connectivity index (χ1v) is 12.9. The molecule has 3 fully saturated rings. The van der Waals surface area contributed by atoms with Gasteiger partial charge in [-0.1, -0.05) is 43.7 Å². The number of carbonyl (C=O) groups excluding carboxylic acids is 1. The molecule has 3 aliphatic rings. The zero-order valence-electron chi connectivity index (χ0n) is 18.9. The van der Waals surface area contributed by atoms with Crippen LogP contribution in [0.25, 0.3) is 6.08 Å². The lowest BCUT2D eigenvalue weighted by molar-refractivity contribution is -0.123. The van der Waals surface area contributed by atoms with Crippen LogP contribution in [-0.2, 0) is 11.3 Å². The van der Waals surface area contributed by atoms with Gasteiger partial charge in [-0.05, 0) is 57.1 Å². The van der Waals surface area contributed by atoms with Crippen molar-refractivity contribution in [3.05, 3.63) is 31.9 Å². The highest BCUT2D eigenvalue weighted by atomic mass is 32.2. The second-order valence-electron chi connectivity index (χ2n) is 8.84. The molecule has 0 N–H and O–H groups in total. The van der Waals surface area contributed by atoms with Crippen LogP contribution in [0.15, 0.2) is 9.70 Å². The van der Waals surface area contributed by atoms with Gasteiger partial charge in [0.15, 0.2) is 0 Å². The van der Waals surface area contributed by atoms with Gasteiger partial charge in [0.2, 0.25) is 0 Å². The van der Waals surface area contributed by atoms with Gasteiger partial charge in [-0.3, -0.25) is 19.1 Å². The third kappa shape index (κ3) is 4.13. The number of amides is 1. The van der Waals surface area contributed by atoms with Crippen molar-refractivity contribution in [3.8, 4) is 6.07 Å². The molecule has 2 saturated heterocycles. The third-order valence-electron chi connectivity index (χ3n) is 6.74. The van der Waals surface area contributed by atoms with Crippen LogP contribution in [-0.4, -0.2) is 38.8 Å². The number of anilines is 1. The topological polar surface area (TPSA) is 69.3 Å². The first-order chi connectivity index (χ1) is 15.5. The number of aromatic nitrogens is 1. The second kappa shape index (κ2) is 9.80. The Morgan fingerprint density at radius 3 is 2.47 bits per heavy atom. The number of pyridine rings is 1. The fourth-order valence-corrected chi connectivity index (χ4v) is 6.49. The molecule has 1 saturated carbocycles. The van der Waals surface area contributed by atoms with Gasteiger partial charge in [0, 0.05) is 31.2 Å². The second-order valence-corrected chi connectivity index (χ2v) is 10.5. The van der Waals surface area contributed by atoms with Crippen molar-refractivity contribution in [3.63, 3.8) is 0 Å². The maximum absolute atomic E-state index is 13.3. The summed E-state index contributed by atoms with van der Waals surface area (Å²) < 4.78 is 2.37. The van der Waals surface area contributed by atoms with Crippen molar-refractivity contribution >= 4 is 46.1 Å². The number of rotatable bonds is 5. The van der Waals surface area contributed by atoms with Gasteiger partial charge < -0.3 is 4.90 Å². The van der Waals surface area contributed by atoms with E-state index in [-0.39, 0.29) is 23.1 Å². The predicted molar refractivity (Wildman–Crippen MR) is 134 cm³/mol. The summed E-state index contributed by atoms with van der Waals surface area (Å²) in [6.07, 6.45) is 10.3. The Labute approximate surface area is 199 Å². The van der Waals surface area contributed by atoms with Gasteiger partial charge in [0.05, 0.1) is 4.91 Å². The first kappa shape index (κ1) is 23.1. The molecule has 1 aliphatic carbocycles. The standard InChI is InChI=1S/C24H30N4O2S2/c1-3-11-27-21(26-12-7-4-8-13-26)18(16(2)19(15-25)22(27)29)14-20-23(30)28(24(31)32-20)17-9-5-6-10-17/h14,17H,3-13H2,1-2H3/b20-14-. The summed E-state index contributed by atoms with van der Waals surface area (Å²) in [4.78, 5) is 31.2. The molecule has 3 heterocycles. The Hall–Kier alpha value is -2.11. The zero-order valence-corrected chi connectivity index (χ0v) is 20.5. The van der Waals surface area contributed by atoms with Crippen LogP contribution in [0.3, 0.4) is 0 Å². The Bertz CT molecular complexity index is 1060. The Morgan fingerprint density at radius 1 is 1.16 bits per heavy atom.